The van der Waals surface area contributed by atoms with Crippen molar-refractivity contribution < 1.29 is 9.84 Å². The monoisotopic (exact) mass is 589 g/mol. The van der Waals surface area contributed by atoms with Gasteiger partial charge in [0, 0.05) is 9.13 Å². The number of nitriles is 2. The van der Waals surface area contributed by atoms with Crippen LogP contribution in [0.25, 0.3) is 11.6 Å². The second kappa shape index (κ2) is 9.92. The van der Waals surface area contributed by atoms with Crippen molar-refractivity contribution in [1.29, 1.82) is 10.5 Å². The minimum atomic E-state index is -0.175. The van der Waals surface area contributed by atoms with Gasteiger partial charge < -0.3 is 15.6 Å². The van der Waals surface area contributed by atoms with Crippen LogP contribution in [0.15, 0.2) is 12.1 Å². The standard InChI is InChI=1S/C18H17I2N5O2/c1-2-5-27-17-11(7-13(19)8-15(17)20)6-12(9-21)16-14(10-22)18(23)25(24-16)3-4-26/h6-8,26H,2-5,23H2,1H3/b12-6+. The molecule has 0 atom stereocenters. The number of nitrogen functional groups attached to an aromatic ring is 1. The fourth-order valence-corrected chi connectivity index (χ4v) is 4.44. The summed E-state index contributed by atoms with van der Waals surface area (Å²) in [5, 5.41) is 32.5. The van der Waals surface area contributed by atoms with E-state index < -0.39 is 0 Å². The molecule has 2 aromatic rings. The van der Waals surface area contributed by atoms with E-state index in [1.54, 1.807) is 6.08 Å². The van der Waals surface area contributed by atoms with E-state index in [-0.39, 0.29) is 35.8 Å². The minimum absolute atomic E-state index is 0.118. The van der Waals surface area contributed by atoms with Crippen LogP contribution in [0.1, 0.15) is 30.2 Å². The first-order valence-corrected chi connectivity index (χ1v) is 10.2. The molecule has 0 fully saturated rings. The maximum absolute atomic E-state index is 9.68. The Morgan fingerprint density at radius 2 is 2.15 bits per heavy atom. The Morgan fingerprint density at radius 1 is 1.41 bits per heavy atom. The molecule has 0 radical (unpaired) electrons. The zero-order valence-corrected chi connectivity index (χ0v) is 18.9. The highest BCUT2D eigenvalue weighted by Crippen LogP contribution is 2.32. The molecule has 140 valence electrons. The number of aliphatic hydroxyl groups is 1. The SMILES string of the molecule is CCCOc1c(I)cc(I)cc1/C=C(\C#N)c1nn(CCO)c(N)c1C#N. The molecule has 3 N–H and O–H groups in total. The highest BCUT2D eigenvalue weighted by atomic mass is 127. The summed E-state index contributed by atoms with van der Waals surface area (Å²) >= 11 is 4.40. The Morgan fingerprint density at radius 3 is 2.74 bits per heavy atom. The van der Waals surface area contributed by atoms with Crippen LogP contribution in [-0.4, -0.2) is 28.1 Å². The third kappa shape index (κ3) is 4.91. The minimum Gasteiger partial charge on any atom is -0.492 e. The third-order valence-electron chi connectivity index (χ3n) is 3.58. The molecule has 2 rings (SSSR count). The molecule has 0 saturated heterocycles. The average molecular weight is 589 g/mol. The highest BCUT2D eigenvalue weighted by Gasteiger charge is 2.20. The van der Waals surface area contributed by atoms with Crippen molar-refractivity contribution in [3.8, 4) is 17.9 Å². The topological polar surface area (TPSA) is 121 Å². The lowest BCUT2D eigenvalue weighted by Gasteiger charge is -2.12. The molecule has 1 heterocycles. The quantitative estimate of drug-likeness (QED) is 0.378. The third-order valence-corrected chi connectivity index (χ3v) is 5.00. The molecule has 0 aliphatic heterocycles. The fourth-order valence-electron chi connectivity index (χ4n) is 2.39. The fraction of sp³-hybridized carbons (Fsp3) is 0.278. The molecule has 7 nitrogen and oxygen atoms in total. The lowest BCUT2D eigenvalue weighted by atomic mass is 10.1. The number of hydrogen-bond acceptors (Lipinski definition) is 6. The van der Waals surface area contributed by atoms with Crippen LogP contribution in [0.2, 0.25) is 0 Å². The Bertz CT molecular complexity index is 954. The molecule has 0 spiro atoms. The molecule has 0 bridgehead atoms. The summed E-state index contributed by atoms with van der Waals surface area (Å²) in [6.07, 6.45) is 2.51. The van der Waals surface area contributed by atoms with E-state index in [2.05, 4.69) is 56.3 Å². The van der Waals surface area contributed by atoms with Gasteiger partial charge in [0.05, 0.1) is 28.9 Å². The van der Waals surface area contributed by atoms with Gasteiger partial charge in [-0.15, -0.1) is 0 Å². The Hall–Kier alpha value is -1.83. The van der Waals surface area contributed by atoms with E-state index in [4.69, 9.17) is 15.6 Å². The van der Waals surface area contributed by atoms with Crippen molar-refractivity contribution in [2.24, 2.45) is 0 Å². The molecular formula is C18H17I2N5O2. The number of aromatic nitrogens is 2. The number of ether oxygens (including phenoxy) is 1. The van der Waals surface area contributed by atoms with E-state index in [0.717, 1.165) is 19.1 Å². The summed E-state index contributed by atoms with van der Waals surface area (Å²) in [5.41, 5.74) is 7.18. The normalized spacial score (nSPS) is 11.1. The summed E-state index contributed by atoms with van der Waals surface area (Å²) in [6, 6.07) is 8.00. The van der Waals surface area contributed by atoms with E-state index >= 15 is 0 Å². The van der Waals surface area contributed by atoms with Crippen LogP contribution in [0.4, 0.5) is 5.82 Å². The molecule has 1 aromatic heterocycles. The van der Waals surface area contributed by atoms with Crippen molar-refractivity contribution in [2.75, 3.05) is 18.9 Å². The van der Waals surface area contributed by atoms with Crippen LogP contribution in [-0.2, 0) is 6.54 Å². The molecule has 0 saturated carbocycles. The summed E-state index contributed by atoms with van der Waals surface area (Å²) < 4.78 is 9.12. The van der Waals surface area contributed by atoms with Crippen LogP contribution in [0.5, 0.6) is 5.75 Å². The van der Waals surface area contributed by atoms with E-state index in [1.807, 2.05) is 25.1 Å². The van der Waals surface area contributed by atoms with Gasteiger partial charge in [-0.1, -0.05) is 6.92 Å². The first-order chi connectivity index (χ1) is 13.0. The summed E-state index contributed by atoms with van der Waals surface area (Å²) in [7, 11) is 0. The lowest BCUT2D eigenvalue weighted by Crippen LogP contribution is -2.07. The second-order valence-corrected chi connectivity index (χ2v) is 7.90. The van der Waals surface area contributed by atoms with Gasteiger partial charge in [-0.05, 0) is 69.8 Å². The number of halogens is 2. The van der Waals surface area contributed by atoms with Gasteiger partial charge in [0.2, 0.25) is 0 Å². The van der Waals surface area contributed by atoms with Crippen LogP contribution in [0.3, 0.4) is 0 Å². The van der Waals surface area contributed by atoms with Gasteiger partial charge in [0.25, 0.3) is 0 Å². The van der Waals surface area contributed by atoms with Crippen molar-refractivity contribution in [3.05, 3.63) is 36.1 Å². The Labute approximate surface area is 184 Å². The number of anilines is 1. The number of nitrogens with zero attached hydrogens (tertiary/aromatic N) is 4. The Balaban J connectivity index is 2.63. The largest absolute Gasteiger partial charge is 0.492 e. The molecule has 9 heteroatoms. The predicted octanol–water partition coefficient (Wildman–Crippen LogP) is 3.39. The molecule has 0 aliphatic rings. The van der Waals surface area contributed by atoms with Crippen LogP contribution >= 0.6 is 45.2 Å². The zero-order chi connectivity index (χ0) is 20.0. The maximum atomic E-state index is 9.68. The van der Waals surface area contributed by atoms with Gasteiger partial charge in [-0.3, -0.25) is 0 Å². The molecular weight excluding hydrogens is 572 g/mol. The highest BCUT2D eigenvalue weighted by molar-refractivity contribution is 14.1. The van der Waals surface area contributed by atoms with Gasteiger partial charge in [-0.2, -0.15) is 15.6 Å². The van der Waals surface area contributed by atoms with Gasteiger partial charge >= 0.3 is 0 Å². The summed E-state index contributed by atoms with van der Waals surface area (Å²) in [4.78, 5) is 0. The van der Waals surface area contributed by atoms with Crippen LogP contribution < -0.4 is 10.5 Å². The number of rotatable bonds is 7. The smallest absolute Gasteiger partial charge is 0.140 e. The first-order valence-electron chi connectivity index (χ1n) is 8.08. The number of benzene rings is 1. The molecule has 0 aliphatic carbocycles. The molecule has 0 unspecified atom stereocenters. The summed E-state index contributed by atoms with van der Waals surface area (Å²) in [6.45, 7) is 2.55. The Kier molecular flexibility index (Phi) is 7.89. The van der Waals surface area contributed by atoms with Crippen molar-refractivity contribution in [3.63, 3.8) is 0 Å². The number of aliphatic hydroxyl groups excluding tert-OH is 1. The van der Waals surface area contributed by atoms with Crippen molar-refractivity contribution in [2.45, 2.75) is 19.9 Å². The number of allylic oxidation sites excluding steroid dienone is 1. The lowest BCUT2D eigenvalue weighted by molar-refractivity contribution is 0.270. The predicted molar refractivity (Wildman–Crippen MR) is 120 cm³/mol. The number of nitrogens with two attached hydrogens (primary N) is 1. The molecule has 1 aromatic carbocycles. The van der Waals surface area contributed by atoms with E-state index in [1.165, 1.54) is 4.68 Å². The zero-order valence-electron chi connectivity index (χ0n) is 14.5. The van der Waals surface area contributed by atoms with E-state index in [9.17, 15) is 10.5 Å². The number of hydrogen-bond donors (Lipinski definition) is 2. The second-order valence-electron chi connectivity index (χ2n) is 5.49. The van der Waals surface area contributed by atoms with Gasteiger partial charge in [0.1, 0.15) is 35.0 Å². The molecule has 0 amide bonds. The van der Waals surface area contributed by atoms with Crippen molar-refractivity contribution >= 4 is 62.6 Å². The van der Waals surface area contributed by atoms with Gasteiger partial charge in [0.15, 0.2) is 0 Å². The maximum Gasteiger partial charge on any atom is 0.140 e. The van der Waals surface area contributed by atoms with E-state index in [0.29, 0.717) is 12.4 Å². The summed E-state index contributed by atoms with van der Waals surface area (Å²) in [5.74, 6) is 0.814. The first kappa shape index (κ1) is 21.5. The van der Waals surface area contributed by atoms with Gasteiger partial charge in [-0.25, -0.2) is 4.68 Å². The van der Waals surface area contributed by atoms with Crippen LogP contribution in [0, 0.1) is 29.8 Å². The average Bonchev–Trinajstić information content (AvgIpc) is 2.94. The van der Waals surface area contributed by atoms with Crippen molar-refractivity contribution in [1.82, 2.24) is 9.78 Å². The molecule has 27 heavy (non-hydrogen) atoms.